The minimum atomic E-state index is -1.28. The largest absolute Gasteiger partial charge is 0.479 e. The van der Waals surface area contributed by atoms with Crippen molar-refractivity contribution in [2.75, 3.05) is 0 Å². The van der Waals surface area contributed by atoms with Crippen LogP contribution in [0.2, 0.25) is 0 Å². The van der Waals surface area contributed by atoms with Crippen LogP contribution in [0.25, 0.3) is 0 Å². The Morgan fingerprint density at radius 3 is 2.50 bits per heavy atom. The summed E-state index contributed by atoms with van der Waals surface area (Å²) in [6.07, 6.45) is 0.258. The molecule has 0 aliphatic carbocycles. The van der Waals surface area contributed by atoms with Gasteiger partial charge in [-0.15, -0.1) is 0 Å². The highest BCUT2D eigenvalue weighted by Crippen LogP contribution is 2.12. The van der Waals surface area contributed by atoms with Crippen molar-refractivity contribution in [1.29, 1.82) is 0 Å². The number of carbonyl (C=O) groups is 1. The molecule has 0 heterocycles. The van der Waals surface area contributed by atoms with Crippen LogP contribution in [0.3, 0.4) is 0 Å². The van der Waals surface area contributed by atoms with E-state index < -0.39 is 12.1 Å². The Bertz CT molecular complexity index is 116. The van der Waals surface area contributed by atoms with Crippen molar-refractivity contribution < 1.29 is 15.0 Å². The Morgan fingerprint density at radius 1 is 1.70 bits per heavy atom. The van der Waals surface area contributed by atoms with Crippen LogP contribution in [0.1, 0.15) is 19.8 Å². The third kappa shape index (κ3) is 3.17. The first-order valence-corrected chi connectivity index (χ1v) is 4.06. The molecule has 60 valence electrons. The highest BCUT2D eigenvalue weighted by atomic mass is 79.9. The van der Waals surface area contributed by atoms with Gasteiger partial charge in [-0.1, -0.05) is 29.3 Å². The molecule has 0 rings (SSSR count). The van der Waals surface area contributed by atoms with Crippen LogP contribution in [0, 0.1) is 0 Å². The van der Waals surface area contributed by atoms with Crippen molar-refractivity contribution in [2.24, 2.45) is 0 Å². The van der Waals surface area contributed by atoms with Gasteiger partial charge in [0.2, 0.25) is 0 Å². The van der Waals surface area contributed by atoms with Crippen LogP contribution in [0.5, 0.6) is 0 Å². The molecule has 0 aromatic carbocycles. The zero-order chi connectivity index (χ0) is 8.15. The molecule has 0 saturated carbocycles. The fraction of sp³-hybridized carbons (Fsp3) is 0.833. The van der Waals surface area contributed by atoms with E-state index in [1.54, 1.807) is 0 Å². The number of carboxylic acid groups (broad SMARTS) is 1. The monoisotopic (exact) mass is 210 g/mol. The number of aliphatic hydroxyl groups excluding tert-OH is 1. The SMILES string of the molecule is CCCC(Br)[C@@H](O)C(=O)O. The predicted octanol–water partition coefficient (Wildman–Crippen LogP) is 0.995. The minimum Gasteiger partial charge on any atom is -0.479 e. The van der Waals surface area contributed by atoms with Crippen LogP contribution in [0.4, 0.5) is 0 Å². The molecule has 1 unspecified atom stereocenters. The van der Waals surface area contributed by atoms with Crippen LogP contribution in [-0.4, -0.2) is 27.1 Å². The lowest BCUT2D eigenvalue weighted by Crippen LogP contribution is -2.29. The van der Waals surface area contributed by atoms with E-state index in [4.69, 9.17) is 10.2 Å². The van der Waals surface area contributed by atoms with Crippen LogP contribution >= 0.6 is 15.9 Å². The van der Waals surface area contributed by atoms with Crippen molar-refractivity contribution in [3.05, 3.63) is 0 Å². The quantitative estimate of drug-likeness (QED) is 0.682. The lowest BCUT2D eigenvalue weighted by Gasteiger charge is -2.10. The second kappa shape index (κ2) is 4.68. The van der Waals surface area contributed by atoms with Crippen LogP contribution in [0.15, 0.2) is 0 Å². The number of rotatable bonds is 4. The normalized spacial score (nSPS) is 16.3. The molecule has 2 atom stereocenters. The number of aliphatic hydroxyl groups is 1. The second-order valence-electron chi connectivity index (χ2n) is 2.09. The molecule has 0 aliphatic rings. The van der Waals surface area contributed by atoms with E-state index in [0.29, 0.717) is 6.42 Å². The fourth-order valence-corrected chi connectivity index (χ4v) is 1.27. The standard InChI is InChI=1S/C6H11BrO3/c1-2-3-4(7)5(8)6(9)10/h4-5,8H,2-3H2,1H3,(H,9,10)/t4?,5-/m1/s1. The van der Waals surface area contributed by atoms with Crippen molar-refractivity contribution in [3.63, 3.8) is 0 Å². The molecule has 3 nitrogen and oxygen atoms in total. The molecule has 0 saturated heterocycles. The zero-order valence-electron chi connectivity index (χ0n) is 5.75. The van der Waals surface area contributed by atoms with Gasteiger partial charge in [0.25, 0.3) is 0 Å². The molecule has 0 amide bonds. The summed E-state index contributed by atoms with van der Waals surface area (Å²) in [6, 6.07) is 0. The molecule has 0 aromatic rings. The molecule has 0 aliphatic heterocycles. The number of hydrogen-bond donors (Lipinski definition) is 2. The molecule has 0 radical (unpaired) electrons. The van der Waals surface area contributed by atoms with Crippen molar-refractivity contribution in [1.82, 2.24) is 0 Å². The average Bonchev–Trinajstić information content (AvgIpc) is 1.87. The van der Waals surface area contributed by atoms with Gasteiger partial charge in [-0.05, 0) is 6.42 Å². The summed E-state index contributed by atoms with van der Waals surface area (Å²) in [4.78, 5) is 9.81. The Morgan fingerprint density at radius 2 is 2.20 bits per heavy atom. The highest BCUT2D eigenvalue weighted by molar-refractivity contribution is 9.09. The lowest BCUT2D eigenvalue weighted by molar-refractivity contribution is -0.146. The zero-order valence-corrected chi connectivity index (χ0v) is 7.34. The Labute approximate surface area is 68.2 Å². The van der Waals surface area contributed by atoms with Gasteiger partial charge in [0.05, 0.1) is 4.83 Å². The third-order valence-electron chi connectivity index (χ3n) is 1.16. The maximum Gasteiger partial charge on any atom is 0.333 e. The smallest absolute Gasteiger partial charge is 0.333 e. The van der Waals surface area contributed by atoms with Gasteiger partial charge in [-0.25, -0.2) is 4.79 Å². The van der Waals surface area contributed by atoms with Gasteiger partial charge in [0, 0.05) is 0 Å². The van der Waals surface area contributed by atoms with Gasteiger partial charge in [0.1, 0.15) is 0 Å². The second-order valence-corrected chi connectivity index (χ2v) is 3.26. The lowest BCUT2D eigenvalue weighted by atomic mass is 10.2. The van der Waals surface area contributed by atoms with E-state index >= 15 is 0 Å². The summed E-state index contributed by atoms with van der Waals surface area (Å²) in [6.45, 7) is 1.93. The topological polar surface area (TPSA) is 57.5 Å². The van der Waals surface area contributed by atoms with E-state index in [9.17, 15) is 4.79 Å². The summed E-state index contributed by atoms with van der Waals surface area (Å²) in [7, 11) is 0. The first kappa shape index (κ1) is 9.91. The van der Waals surface area contributed by atoms with Crippen molar-refractivity contribution in [2.45, 2.75) is 30.7 Å². The molecule has 10 heavy (non-hydrogen) atoms. The first-order valence-electron chi connectivity index (χ1n) is 3.14. The molecule has 2 N–H and O–H groups in total. The number of hydrogen-bond acceptors (Lipinski definition) is 2. The summed E-state index contributed by atoms with van der Waals surface area (Å²) >= 11 is 3.07. The Hall–Kier alpha value is -0.0900. The summed E-state index contributed by atoms with van der Waals surface area (Å²) in [5, 5.41) is 17.2. The van der Waals surface area contributed by atoms with E-state index in [1.807, 2.05) is 6.92 Å². The van der Waals surface area contributed by atoms with Crippen molar-refractivity contribution in [3.8, 4) is 0 Å². The van der Waals surface area contributed by atoms with Crippen molar-refractivity contribution >= 4 is 21.9 Å². The maximum absolute atomic E-state index is 10.1. The molecular weight excluding hydrogens is 200 g/mol. The molecular formula is C6H11BrO3. The molecule has 0 spiro atoms. The predicted molar refractivity (Wildman–Crippen MR) is 41.3 cm³/mol. The fourth-order valence-electron chi connectivity index (χ4n) is 0.588. The van der Waals surface area contributed by atoms with Gasteiger partial charge >= 0.3 is 5.97 Å². The first-order chi connectivity index (χ1) is 4.59. The highest BCUT2D eigenvalue weighted by Gasteiger charge is 2.21. The minimum absolute atomic E-state index is 0.324. The maximum atomic E-state index is 10.1. The Kier molecular flexibility index (Phi) is 4.64. The van der Waals surface area contributed by atoms with E-state index in [0.717, 1.165) is 6.42 Å². The van der Waals surface area contributed by atoms with Gasteiger partial charge in [0.15, 0.2) is 6.10 Å². The van der Waals surface area contributed by atoms with Gasteiger partial charge in [-0.2, -0.15) is 0 Å². The summed E-state index contributed by atoms with van der Waals surface area (Å²) < 4.78 is 0. The van der Waals surface area contributed by atoms with E-state index in [-0.39, 0.29) is 4.83 Å². The van der Waals surface area contributed by atoms with Gasteiger partial charge < -0.3 is 10.2 Å². The van der Waals surface area contributed by atoms with Crippen LogP contribution < -0.4 is 0 Å². The molecule has 0 bridgehead atoms. The summed E-state index contributed by atoms with van der Waals surface area (Å²) in [5.41, 5.74) is 0. The summed E-state index contributed by atoms with van der Waals surface area (Å²) in [5.74, 6) is -1.17. The Balaban J connectivity index is 3.69. The molecule has 0 aromatic heterocycles. The van der Waals surface area contributed by atoms with E-state index in [2.05, 4.69) is 15.9 Å². The van der Waals surface area contributed by atoms with Crippen LogP contribution in [-0.2, 0) is 4.79 Å². The number of aliphatic carboxylic acids is 1. The van der Waals surface area contributed by atoms with E-state index in [1.165, 1.54) is 0 Å². The molecule has 4 heteroatoms. The number of carboxylic acids is 1. The third-order valence-corrected chi connectivity index (χ3v) is 2.12. The van der Waals surface area contributed by atoms with Gasteiger partial charge in [-0.3, -0.25) is 0 Å². The molecule has 0 fully saturated rings. The number of alkyl halides is 1. The number of halogens is 1. The average molecular weight is 211 g/mol.